The molecule has 0 spiro atoms. The Bertz CT molecular complexity index is 2380. The van der Waals surface area contributed by atoms with Gasteiger partial charge in [0, 0.05) is 37.1 Å². The summed E-state index contributed by atoms with van der Waals surface area (Å²) in [7, 11) is 3.33. The minimum atomic E-state index is -1.06. The number of rotatable bonds is 18. The Morgan fingerprint density at radius 3 is 1.66 bits per heavy atom. The highest BCUT2D eigenvalue weighted by atomic mass is 16.2. The molecule has 71 heavy (non-hydrogen) atoms. The number of Topliss-reactive ketones (excluding diaryl/α,β-unsaturated/α-hetero) is 1. The fourth-order valence-corrected chi connectivity index (χ4v) is 9.76. The Morgan fingerprint density at radius 2 is 1.11 bits per heavy atom. The first kappa shape index (κ1) is 55.9. The number of carbonyl (C=O) groups is 7. The topological polar surface area (TPSA) is 216 Å². The minimum absolute atomic E-state index is 0.0398. The lowest BCUT2D eigenvalue weighted by molar-refractivity contribution is -0.137. The van der Waals surface area contributed by atoms with Crippen LogP contribution in [-0.4, -0.2) is 91.6 Å². The molecule has 0 aromatic heterocycles. The van der Waals surface area contributed by atoms with E-state index >= 15 is 0 Å². The van der Waals surface area contributed by atoms with E-state index in [0.717, 1.165) is 49.7 Å². The Kier molecular flexibility index (Phi) is 20.0. The molecule has 0 saturated heterocycles. The highest BCUT2D eigenvalue weighted by Crippen LogP contribution is 2.38. The van der Waals surface area contributed by atoms with Gasteiger partial charge < -0.3 is 42.5 Å². The van der Waals surface area contributed by atoms with Gasteiger partial charge in [0.05, 0.1) is 30.2 Å². The zero-order chi connectivity index (χ0) is 52.0. The maximum atomic E-state index is 14.6. The average Bonchev–Trinajstić information content (AvgIpc) is 3.76. The largest absolute Gasteiger partial charge is 0.353 e. The van der Waals surface area contributed by atoms with Crippen molar-refractivity contribution in [3.63, 3.8) is 0 Å². The van der Waals surface area contributed by atoms with Crippen molar-refractivity contribution in [3.8, 4) is 23.7 Å². The van der Waals surface area contributed by atoms with Gasteiger partial charge in [0.1, 0.15) is 12.1 Å². The number of benzene rings is 2. The van der Waals surface area contributed by atoms with Gasteiger partial charge in [-0.1, -0.05) is 102 Å². The molecule has 2 aromatic rings. The van der Waals surface area contributed by atoms with Gasteiger partial charge in [0.15, 0.2) is 5.78 Å². The van der Waals surface area contributed by atoms with E-state index < -0.39 is 70.7 Å². The van der Waals surface area contributed by atoms with E-state index in [-0.39, 0.29) is 73.6 Å². The second kappa shape index (κ2) is 25.4. The third kappa shape index (κ3) is 15.5. The molecular formula is C56H78N8O7. The van der Waals surface area contributed by atoms with Gasteiger partial charge in [0.2, 0.25) is 35.4 Å². The minimum Gasteiger partial charge on any atom is -0.353 e. The van der Waals surface area contributed by atoms with Crippen molar-refractivity contribution in [1.29, 1.82) is 0 Å². The number of likely N-dealkylation sites (N-methyl/N-ethyl adjacent to an activating group) is 2. The monoisotopic (exact) mass is 975 g/mol. The first-order valence-corrected chi connectivity index (χ1v) is 25.4. The second-order valence-corrected chi connectivity index (χ2v) is 21.7. The summed E-state index contributed by atoms with van der Waals surface area (Å²) >= 11 is 0. The number of nitrogens with one attached hydrogen (secondary N) is 8. The summed E-state index contributed by atoms with van der Waals surface area (Å²) in [5, 5.41) is 23.9. The molecule has 1 saturated carbocycles. The SMILES string of the molecule is CN[C@@H](C)C(=O)NC(C(=O)N[C@@H](CC#CC#CCCC(=O)N[C@@H]1CC(C(=O)[C@@H](NC(=O)[C@H](C)NC)C(C)(C)C)[C@H](C(=O)N[C@@H]2CCCc3ccccc32)C1)C(=O)N[C@@H]1CCCc2ccccc21)C(C)(C)C. The van der Waals surface area contributed by atoms with Crippen LogP contribution < -0.4 is 42.5 Å². The molecule has 3 aliphatic rings. The normalized spacial score (nSPS) is 21.5. The molecule has 0 aliphatic heterocycles. The highest BCUT2D eigenvalue weighted by molar-refractivity contribution is 5.96. The molecule has 1 fully saturated rings. The van der Waals surface area contributed by atoms with E-state index in [1.54, 1.807) is 27.9 Å². The molecule has 6 amide bonds. The maximum Gasteiger partial charge on any atom is 0.244 e. The van der Waals surface area contributed by atoms with Crippen LogP contribution in [0.25, 0.3) is 0 Å². The number of ketones is 1. The van der Waals surface area contributed by atoms with E-state index in [1.807, 2.05) is 77.9 Å². The molecular weight excluding hydrogens is 897 g/mol. The smallest absolute Gasteiger partial charge is 0.244 e. The molecule has 5 rings (SSSR count). The van der Waals surface area contributed by atoms with E-state index in [9.17, 15) is 33.6 Å². The summed E-state index contributed by atoms with van der Waals surface area (Å²) < 4.78 is 0. The van der Waals surface area contributed by atoms with Crippen molar-refractivity contribution in [2.75, 3.05) is 14.1 Å². The lowest BCUT2D eigenvalue weighted by Gasteiger charge is -2.34. The number of fused-ring (bicyclic) bond motifs is 2. The molecule has 2 aromatic carbocycles. The molecule has 0 radical (unpaired) electrons. The van der Waals surface area contributed by atoms with E-state index in [2.05, 4.69) is 78.3 Å². The van der Waals surface area contributed by atoms with Crippen LogP contribution in [0.2, 0.25) is 0 Å². The van der Waals surface area contributed by atoms with Gasteiger partial charge in [0.25, 0.3) is 0 Å². The fraction of sp³-hybridized carbons (Fsp3) is 0.589. The van der Waals surface area contributed by atoms with Crippen molar-refractivity contribution in [2.24, 2.45) is 22.7 Å². The number of hydrogen-bond acceptors (Lipinski definition) is 9. The fourth-order valence-electron chi connectivity index (χ4n) is 9.76. The lowest BCUT2D eigenvalue weighted by atomic mass is 9.77. The third-order valence-electron chi connectivity index (χ3n) is 14.2. The van der Waals surface area contributed by atoms with Gasteiger partial charge in [-0.05, 0) is 124 Å². The van der Waals surface area contributed by atoms with Crippen molar-refractivity contribution in [1.82, 2.24) is 42.5 Å². The van der Waals surface area contributed by atoms with Crippen molar-refractivity contribution < 1.29 is 33.6 Å². The third-order valence-corrected chi connectivity index (χ3v) is 14.2. The Morgan fingerprint density at radius 1 is 0.606 bits per heavy atom. The van der Waals surface area contributed by atoms with Crippen LogP contribution in [0.5, 0.6) is 0 Å². The molecule has 0 heterocycles. The molecule has 0 bridgehead atoms. The summed E-state index contributed by atoms with van der Waals surface area (Å²) in [6.45, 7) is 14.6. The van der Waals surface area contributed by atoms with Gasteiger partial charge in [-0.25, -0.2) is 0 Å². The van der Waals surface area contributed by atoms with Crippen LogP contribution in [0.3, 0.4) is 0 Å². The van der Waals surface area contributed by atoms with Gasteiger partial charge in [-0.2, -0.15) is 0 Å². The van der Waals surface area contributed by atoms with Gasteiger partial charge in [-0.3, -0.25) is 33.6 Å². The number of hydrogen-bond donors (Lipinski definition) is 8. The first-order valence-electron chi connectivity index (χ1n) is 25.4. The molecule has 2 unspecified atom stereocenters. The van der Waals surface area contributed by atoms with Crippen molar-refractivity contribution >= 4 is 41.2 Å². The Balaban J connectivity index is 1.26. The maximum absolute atomic E-state index is 14.6. The van der Waals surface area contributed by atoms with Crippen LogP contribution >= 0.6 is 0 Å². The number of aryl methyl sites for hydroxylation is 2. The lowest BCUT2D eigenvalue weighted by Crippen LogP contribution is -2.59. The Labute approximate surface area is 421 Å². The first-order chi connectivity index (χ1) is 33.6. The van der Waals surface area contributed by atoms with Gasteiger partial charge >= 0.3 is 0 Å². The summed E-state index contributed by atoms with van der Waals surface area (Å²) in [4.78, 5) is 96.1. The van der Waals surface area contributed by atoms with E-state index in [0.29, 0.717) is 0 Å². The molecule has 10 atom stereocenters. The molecule has 3 aliphatic carbocycles. The molecule has 15 nitrogen and oxygen atoms in total. The number of amides is 6. The van der Waals surface area contributed by atoms with Crippen LogP contribution in [-0.2, 0) is 46.4 Å². The predicted molar refractivity (Wildman–Crippen MR) is 275 cm³/mol. The summed E-state index contributed by atoms with van der Waals surface area (Å²) in [6, 6.07) is 11.2. The average molecular weight is 975 g/mol. The second-order valence-electron chi connectivity index (χ2n) is 21.7. The van der Waals surface area contributed by atoms with Crippen LogP contribution in [0.1, 0.15) is 148 Å². The summed E-state index contributed by atoms with van der Waals surface area (Å²) in [6.07, 6.45) is 5.85. The van der Waals surface area contributed by atoms with Crippen LogP contribution in [0.15, 0.2) is 48.5 Å². The predicted octanol–water partition coefficient (Wildman–Crippen LogP) is 4.39. The summed E-state index contributed by atoms with van der Waals surface area (Å²) in [5.41, 5.74) is 3.14. The van der Waals surface area contributed by atoms with E-state index in [1.165, 1.54) is 11.1 Å². The van der Waals surface area contributed by atoms with Gasteiger partial charge in [-0.15, -0.1) is 0 Å². The molecule has 384 valence electrons. The molecule has 15 heteroatoms. The standard InChI is InChI=1S/C56H78N8O7/c1-34(57-9)50(67)63-48(55(3,4)5)47(66)41-32-38(33-42(41)52(69)60-43-29-20-24-36-22-16-18-26-39(36)43)59-46(65)31-15-13-11-12-14-28-45(53(70)61-44-30-21-25-37-23-17-19-27-40(37)44)62-54(71)49(56(6,7)8)64-51(68)35(2)58-10/h16-19,22-23,26-27,34-35,38,41-45,48-49,57-58H,15,20-21,24-25,28-33H2,1-10H3,(H,59,65)(H,60,69)(H,61,70)(H,62,71)(H,63,67)(H,64,68)/t34-,35-,38+,41?,42+,43+,44+,45-,48+,49?/m0/s1. The van der Waals surface area contributed by atoms with E-state index in [4.69, 9.17) is 0 Å². The Hall–Kier alpha value is -6.03. The molecule has 8 N–H and O–H groups in total. The zero-order valence-corrected chi connectivity index (χ0v) is 43.5. The summed E-state index contributed by atoms with van der Waals surface area (Å²) in [5.74, 6) is 7.56. The zero-order valence-electron chi connectivity index (χ0n) is 43.5. The van der Waals surface area contributed by atoms with Crippen molar-refractivity contribution in [2.45, 2.75) is 174 Å². The van der Waals surface area contributed by atoms with Crippen LogP contribution in [0.4, 0.5) is 0 Å². The quantitative estimate of drug-likeness (QED) is 0.0994. The van der Waals surface area contributed by atoms with Crippen LogP contribution in [0, 0.1) is 46.3 Å². The highest BCUT2D eigenvalue weighted by Gasteiger charge is 2.48. The van der Waals surface area contributed by atoms with Crippen molar-refractivity contribution in [3.05, 3.63) is 70.8 Å². The number of carbonyl (C=O) groups excluding carboxylic acids is 7.